The van der Waals surface area contributed by atoms with Gasteiger partial charge in [0.15, 0.2) is 23.8 Å². The van der Waals surface area contributed by atoms with Gasteiger partial charge < -0.3 is 29.5 Å². The standard InChI is InChI=1S/C28H30N7O9P/c1-18(25(36)39-16-19-10-6-4-7-11-19)35(44-20-12-8-5-9-13-20)45(38)40-17-28(32-33-30)23-22(41-27(2,3)42-23)24(43-28)34-15-14-21(29)31-26(34)37/h4-15,18,22-24H,16-17H2,1-3H3,(H-,29,31,37)/p+1/t18?,22-,23+,24-,28-/m1/s1. The van der Waals surface area contributed by atoms with Crippen molar-refractivity contribution in [1.82, 2.24) is 14.4 Å². The van der Waals surface area contributed by atoms with E-state index in [-0.39, 0.29) is 18.2 Å². The predicted octanol–water partition coefficient (Wildman–Crippen LogP) is 3.98. The monoisotopic (exact) mass is 640 g/mol. The Bertz CT molecular complexity index is 1640. The van der Waals surface area contributed by atoms with Gasteiger partial charge in [0.1, 0.15) is 36.1 Å². The van der Waals surface area contributed by atoms with E-state index in [9.17, 15) is 19.7 Å². The quantitative estimate of drug-likeness (QED) is 0.0746. The van der Waals surface area contributed by atoms with Crippen LogP contribution < -0.4 is 16.3 Å². The van der Waals surface area contributed by atoms with Crippen LogP contribution in [-0.2, 0) is 39.4 Å². The number of nitrogens with zero attached hydrogens (tertiary/aromatic N) is 6. The lowest BCUT2D eigenvalue weighted by Gasteiger charge is -2.29. The van der Waals surface area contributed by atoms with Crippen LogP contribution in [0, 0.1) is 0 Å². The third kappa shape index (κ3) is 7.13. The summed E-state index contributed by atoms with van der Waals surface area (Å²) in [5, 5.41) is 3.83. The molecule has 2 fully saturated rings. The number of hydrogen-bond acceptors (Lipinski definition) is 12. The van der Waals surface area contributed by atoms with Crippen LogP contribution in [0.1, 0.15) is 32.6 Å². The number of azide groups is 1. The normalized spacial score (nSPS) is 24.4. The molecule has 16 nitrogen and oxygen atoms in total. The molecular formula is C28H31N7O9P+. The average molecular weight is 641 g/mol. The van der Waals surface area contributed by atoms with Crippen LogP contribution in [0.2, 0.25) is 0 Å². The molecule has 0 radical (unpaired) electrons. The molecule has 2 aliphatic heterocycles. The van der Waals surface area contributed by atoms with Gasteiger partial charge in [-0.25, -0.2) is 4.79 Å². The van der Waals surface area contributed by atoms with Gasteiger partial charge in [0.25, 0.3) is 0 Å². The number of rotatable bonds is 12. The van der Waals surface area contributed by atoms with Gasteiger partial charge in [0.05, 0.1) is 0 Å². The topological polar surface area (TPSA) is 202 Å². The molecule has 0 aliphatic carbocycles. The number of aromatic nitrogens is 2. The van der Waals surface area contributed by atoms with E-state index in [1.165, 1.54) is 19.2 Å². The first kappa shape index (κ1) is 32.0. The smallest absolute Gasteiger partial charge is 0.459 e. The Balaban J connectivity index is 1.39. The molecule has 2 aromatic carbocycles. The summed E-state index contributed by atoms with van der Waals surface area (Å²) in [7, 11) is -2.98. The van der Waals surface area contributed by atoms with Gasteiger partial charge in [-0.3, -0.25) is 9.36 Å². The van der Waals surface area contributed by atoms with E-state index in [2.05, 4.69) is 15.0 Å². The maximum absolute atomic E-state index is 13.7. The fourth-order valence-electron chi connectivity index (χ4n) is 4.81. The van der Waals surface area contributed by atoms with Crippen molar-refractivity contribution in [3.8, 4) is 5.75 Å². The highest BCUT2D eigenvalue weighted by atomic mass is 31.1. The number of hydrogen-bond donors (Lipinski definition) is 1. The SMILES string of the molecule is CC(C(=O)OCc1ccccc1)N(Oc1ccccc1)[P+](=O)OC[C@@]1(N=[N+]=[N-])O[C@@H](n2ccc(N)nc2=O)[C@@H]2OC(C)(C)O[C@@H]21. The van der Waals surface area contributed by atoms with Gasteiger partial charge in [-0.2, -0.15) is 4.98 Å². The number of nitrogens with two attached hydrogens (primary N) is 1. The maximum Gasteiger partial charge on any atom is 0.653 e. The van der Waals surface area contributed by atoms with E-state index >= 15 is 0 Å². The molecule has 236 valence electrons. The Hall–Kier alpha value is -4.40. The van der Waals surface area contributed by atoms with Gasteiger partial charge in [0.2, 0.25) is 5.72 Å². The van der Waals surface area contributed by atoms with Crippen LogP contribution in [0.25, 0.3) is 10.4 Å². The van der Waals surface area contributed by atoms with E-state index in [0.29, 0.717) is 0 Å². The van der Waals surface area contributed by atoms with Crippen molar-refractivity contribution in [2.24, 2.45) is 5.11 Å². The van der Waals surface area contributed by atoms with Crippen molar-refractivity contribution < 1.29 is 37.7 Å². The number of carbonyl (C=O) groups is 1. The van der Waals surface area contributed by atoms with Crippen LogP contribution in [0.3, 0.4) is 0 Å². The molecule has 2 saturated heterocycles. The molecule has 45 heavy (non-hydrogen) atoms. The largest absolute Gasteiger partial charge is 0.653 e. The predicted molar refractivity (Wildman–Crippen MR) is 157 cm³/mol. The molecule has 2 aliphatic rings. The number of nitrogen functional groups attached to an aromatic ring is 1. The van der Waals surface area contributed by atoms with Crippen molar-refractivity contribution in [2.75, 3.05) is 12.3 Å². The summed E-state index contributed by atoms with van der Waals surface area (Å²) in [6.07, 6.45) is -1.92. The number of anilines is 1. The second-order valence-electron chi connectivity index (χ2n) is 10.6. The van der Waals surface area contributed by atoms with E-state index in [1.807, 2.05) is 18.2 Å². The molecule has 17 heteroatoms. The van der Waals surface area contributed by atoms with Gasteiger partial charge >= 0.3 is 19.8 Å². The lowest BCUT2D eigenvalue weighted by molar-refractivity contribution is -0.224. The Morgan fingerprint density at radius 2 is 1.84 bits per heavy atom. The molecule has 2 unspecified atom stereocenters. The highest BCUT2D eigenvalue weighted by Crippen LogP contribution is 2.50. The Morgan fingerprint density at radius 3 is 2.51 bits per heavy atom. The van der Waals surface area contributed by atoms with Gasteiger partial charge in [-0.15, -0.1) is 4.52 Å². The van der Waals surface area contributed by atoms with Crippen LogP contribution in [0.5, 0.6) is 5.75 Å². The molecule has 5 rings (SSSR count). The van der Waals surface area contributed by atoms with E-state index in [4.69, 9.17) is 34.0 Å². The average Bonchev–Trinajstić information content (AvgIpc) is 3.49. The molecule has 0 saturated carbocycles. The van der Waals surface area contributed by atoms with Crippen molar-refractivity contribution in [1.29, 1.82) is 0 Å². The van der Waals surface area contributed by atoms with Gasteiger partial charge in [0, 0.05) is 11.1 Å². The summed E-state index contributed by atoms with van der Waals surface area (Å²) < 4.78 is 44.1. The van der Waals surface area contributed by atoms with Crippen LogP contribution >= 0.6 is 8.18 Å². The Morgan fingerprint density at radius 1 is 1.16 bits per heavy atom. The summed E-state index contributed by atoms with van der Waals surface area (Å²) in [5.74, 6) is -1.67. The minimum absolute atomic E-state index is 0.00808. The number of esters is 1. The molecular weight excluding hydrogens is 609 g/mol. The molecule has 6 atom stereocenters. The number of hydroxylamine groups is 1. The minimum atomic E-state index is -2.98. The first-order chi connectivity index (χ1) is 21.5. The Labute approximate surface area is 258 Å². The highest BCUT2D eigenvalue weighted by Gasteiger charge is 2.65. The Kier molecular flexibility index (Phi) is 9.46. The van der Waals surface area contributed by atoms with Crippen molar-refractivity contribution in [3.63, 3.8) is 0 Å². The van der Waals surface area contributed by atoms with Crippen LogP contribution in [0.15, 0.2) is 82.8 Å². The van der Waals surface area contributed by atoms with E-state index in [1.54, 1.807) is 56.3 Å². The van der Waals surface area contributed by atoms with Gasteiger partial charge in [-0.1, -0.05) is 53.6 Å². The zero-order valence-corrected chi connectivity index (χ0v) is 25.4. The first-order valence-electron chi connectivity index (χ1n) is 13.8. The fraction of sp³-hybridized carbons (Fsp3) is 0.393. The van der Waals surface area contributed by atoms with Crippen molar-refractivity contribution in [2.45, 2.75) is 63.4 Å². The maximum atomic E-state index is 13.7. The third-order valence-electron chi connectivity index (χ3n) is 6.90. The summed E-state index contributed by atoms with van der Waals surface area (Å²) in [6.45, 7) is 4.03. The van der Waals surface area contributed by atoms with Crippen molar-refractivity contribution >= 4 is 20.0 Å². The molecule has 3 aromatic rings. The molecule has 0 bridgehead atoms. The summed E-state index contributed by atoms with van der Waals surface area (Å²) in [6, 6.07) is 17.5. The lowest BCUT2D eigenvalue weighted by atomic mass is 10.1. The zero-order valence-electron chi connectivity index (χ0n) is 24.5. The summed E-state index contributed by atoms with van der Waals surface area (Å²) >= 11 is 0. The highest BCUT2D eigenvalue weighted by molar-refractivity contribution is 7.36. The molecule has 1 aromatic heterocycles. The third-order valence-corrected chi connectivity index (χ3v) is 8.00. The number of fused-ring (bicyclic) bond motifs is 1. The number of benzene rings is 2. The molecule has 2 N–H and O–H groups in total. The first-order valence-corrected chi connectivity index (χ1v) is 14.9. The summed E-state index contributed by atoms with van der Waals surface area (Å²) in [5.41, 5.74) is 13.2. The molecule has 0 amide bonds. The van der Waals surface area contributed by atoms with Crippen LogP contribution in [0.4, 0.5) is 5.82 Å². The minimum Gasteiger partial charge on any atom is -0.459 e. The molecule has 0 spiro atoms. The fourth-order valence-corrected chi connectivity index (χ4v) is 5.76. The number of ether oxygens (including phenoxy) is 4. The number of carbonyl (C=O) groups excluding carboxylic acids is 1. The second-order valence-corrected chi connectivity index (χ2v) is 11.7. The summed E-state index contributed by atoms with van der Waals surface area (Å²) in [4.78, 5) is 39.1. The number of para-hydroxylation sites is 1. The van der Waals surface area contributed by atoms with E-state index < -0.39 is 62.4 Å². The lowest BCUT2D eigenvalue weighted by Crippen LogP contribution is -2.45. The van der Waals surface area contributed by atoms with E-state index in [0.717, 1.165) is 15.0 Å². The zero-order chi connectivity index (χ0) is 32.2. The van der Waals surface area contributed by atoms with Gasteiger partial charge in [-0.05, 0) is 54.6 Å². The molecule has 3 heterocycles. The van der Waals surface area contributed by atoms with Crippen molar-refractivity contribution in [3.05, 3.63) is 99.4 Å². The second kappa shape index (κ2) is 13.3. The van der Waals surface area contributed by atoms with Crippen LogP contribution in [-0.4, -0.2) is 56.7 Å².